The van der Waals surface area contributed by atoms with Gasteiger partial charge in [0.15, 0.2) is 5.78 Å². The Morgan fingerprint density at radius 3 is 2.21 bits per heavy atom. The first kappa shape index (κ1) is 22.5. The van der Waals surface area contributed by atoms with Gasteiger partial charge in [0.2, 0.25) is 5.91 Å². The van der Waals surface area contributed by atoms with Crippen molar-refractivity contribution in [2.24, 2.45) is 5.92 Å². The Bertz CT molecular complexity index is 1260. The summed E-state index contributed by atoms with van der Waals surface area (Å²) in [5, 5.41) is 0.968. The van der Waals surface area contributed by atoms with E-state index in [0.717, 1.165) is 26.4 Å². The lowest BCUT2D eigenvalue weighted by Gasteiger charge is -2.38. The topological polar surface area (TPSA) is 50.3 Å². The number of amides is 1. The number of benzene rings is 3. The molecule has 4 aromatic rings. The van der Waals surface area contributed by atoms with Crippen LogP contribution in [0.3, 0.4) is 0 Å². The lowest BCUT2D eigenvalue weighted by molar-refractivity contribution is -0.138. The highest BCUT2D eigenvalue weighted by atomic mass is 32.1. The van der Waals surface area contributed by atoms with E-state index in [2.05, 4.69) is 6.07 Å². The van der Waals surface area contributed by atoms with Crippen molar-refractivity contribution in [1.82, 2.24) is 9.88 Å². The molecule has 0 aliphatic carbocycles. The molecule has 2 heterocycles. The van der Waals surface area contributed by atoms with Crippen LogP contribution < -0.4 is 0 Å². The molecule has 0 saturated carbocycles. The SMILES string of the molecule is CC(Cc1nc2ccccc2s1)(C(=O)N1CCC(C(=O)c2ccccc2)CC1)c1ccccc1. The van der Waals surface area contributed by atoms with Gasteiger partial charge >= 0.3 is 0 Å². The molecule has 3 aromatic carbocycles. The zero-order chi connectivity index (χ0) is 23.5. The first-order chi connectivity index (χ1) is 16.5. The second-order valence-electron chi connectivity index (χ2n) is 9.25. The van der Waals surface area contributed by atoms with Crippen LogP contribution in [-0.2, 0) is 16.6 Å². The molecule has 0 radical (unpaired) electrons. The van der Waals surface area contributed by atoms with E-state index >= 15 is 0 Å². The van der Waals surface area contributed by atoms with Crippen LogP contribution in [0.5, 0.6) is 0 Å². The number of Topliss-reactive ketones (excluding diaryl/α,β-unsaturated/α-hetero) is 1. The molecule has 34 heavy (non-hydrogen) atoms. The largest absolute Gasteiger partial charge is 0.342 e. The molecule has 1 unspecified atom stereocenters. The van der Waals surface area contributed by atoms with E-state index in [1.807, 2.05) is 90.7 Å². The molecule has 5 heteroatoms. The Morgan fingerprint density at radius 1 is 0.912 bits per heavy atom. The third kappa shape index (κ3) is 4.40. The third-order valence-electron chi connectivity index (χ3n) is 6.94. The Hall–Kier alpha value is -3.31. The maximum atomic E-state index is 14.0. The fourth-order valence-electron chi connectivity index (χ4n) is 4.94. The average Bonchev–Trinajstić information content (AvgIpc) is 3.31. The summed E-state index contributed by atoms with van der Waals surface area (Å²) in [5.74, 6) is 0.273. The fourth-order valence-corrected chi connectivity index (χ4v) is 6.06. The number of thiazole rings is 1. The summed E-state index contributed by atoms with van der Waals surface area (Å²) in [6.07, 6.45) is 1.95. The first-order valence-electron chi connectivity index (χ1n) is 11.8. The van der Waals surface area contributed by atoms with Crippen molar-refractivity contribution >= 4 is 33.2 Å². The van der Waals surface area contributed by atoms with Crippen LogP contribution in [0.4, 0.5) is 0 Å². The monoisotopic (exact) mass is 468 g/mol. The van der Waals surface area contributed by atoms with E-state index in [-0.39, 0.29) is 17.6 Å². The molecule has 0 N–H and O–H groups in total. The standard InChI is InChI=1S/C29H28N2O2S/c1-29(23-12-6-3-7-13-23,20-26-30-24-14-8-9-15-25(24)34-26)28(33)31-18-16-22(17-19-31)27(32)21-10-4-2-5-11-21/h2-15,22H,16-20H2,1H3. The molecule has 1 atom stereocenters. The highest BCUT2D eigenvalue weighted by Crippen LogP contribution is 2.35. The molecule has 1 aliphatic heterocycles. The summed E-state index contributed by atoms with van der Waals surface area (Å²) in [6, 6.07) is 27.6. The van der Waals surface area contributed by atoms with E-state index in [1.54, 1.807) is 11.3 Å². The number of hydrogen-bond donors (Lipinski definition) is 0. The zero-order valence-corrected chi connectivity index (χ0v) is 20.1. The molecule has 1 aromatic heterocycles. The summed E-state index contributed by atoms with van der Waals surface area (Å²) < 4.78 is 1.14. The first-order valence-corrected chi connectivity index (χ1v) is 12.6. The maximum Gasteiger partial charge on any atom is 0.233 e. The minimum Gasteiger partial charge on any atom is -0.342 e. The van der Waals surface area contributed by atoms with Gasteiger partial charge in [0.05, 0.1) is 20.6 Å². The molecule has 172 valence electrons. The number of para-hydroxylation sites is 1. The second-order valence-corrected chi connectivity index (χ2v) is 10.4. The second kappa shape index (κ2) is 9.51. The Balaban J connectivity index is 1.36. The number of piperidine rings is 1. The number of rotatable bonds is 6. The van der Waals surface area contributed by atoms with Gasteiger partial charge in [-0.2, -0.15) is 0 Å². The summed E-state index contributed by atoms with van der Waals surface area (Å²) >= 11 is 1.66. The predicted octanol–water partition coefficient (Wildman–Crippen LogP) is 5.92. The number of nitrogens with zero attached hydrogens (tertiary/aromatic N) is 2. The van der Waals surface area contributed by atoms with Gasteiger partial charge in [-0.1, -0.05) is 72.8 Å². The summed E-state index contributed by atoms with van der Waals surface area (Å²) in [4.78, 5) is 33.7. The van der Waals surface area contributed by atoms with Crippen LogP contribution in [0.1, 0.15) is 40.7 Å². The van der Waals surface area contributed by atoms with Gasteiger partial charge in [-0.3, -0.25) is 9.59 Å². The van der Waals surface area contributed by atoms with Crippen LogP contribution in [0.15, 0.2) is 84.9 Å². The fraction of sp³-hybridized carbons (Fsp3) is 0.276. The zero-order valence-electron chi connectivity index (χ0n) is 19.3. The predicted molar refractivity (Wildman–Crippen MR) is 137 cm³/mol. The molecule has 5 rings (SSSR count). The Labute approximate surface area is 204 Å². The van der Waals surface area contributed by atoms with Gasteiger partial charge in [-0.05, 0) is 37.5 Å². The van der Waals surface area contributed by atoms with E-state index in [4.69, 9.17) is 4.98 Å². The van der Waals surface area contributed by atoms with Gasteiger partial charge < -0.3 is 4.90 Å². The smallest absolute Gasteiger partial charge is 0.233 e. The highest BCUT2D eigenvalue weighted by molar-refractivity contribution is 7.18. The van der Waals surface area contributed by atoms with Crippen molar-refractivity contribution in [3.8, 4) is 0 Å². The molecular formula is C29H28N2O2S. The number of carbonyl (C=O) groups is 2. The maximum absolute atomic E-state index is 14.0. The van der Waals surface area contributed by atoms with Crippen molar-refractivity contribution in [1.29, 1.82) is 0 Å². The van der Waals surface area contributed by atoms with Crippen molar-refractivity contribution in [3.63, 3.8) is 0 Å². The molecule has 1 saturated heterocycles. The van der Waals surface area contributed by atoms with Crippen LogP contribution in [-0.4, -0.2) is 34.7 Å². The Kier molecular flexibility index (Phi) is 6.29. The van der Waals surface area contributed by atoms with E-state index in [1.165, 1.54) is 0 Å². The molecule has 1 fully saturated rings. The van der Waals surface area contributed by atoms with Crippen molar-refractivity contribution in [3.05, 3.63) is 101 Å². The van der Waals surface area contributed by atoms with Gasteiger partial charge in [0, 0.05) is 31.0 Å². The number of carbonyl (C=O) groups excluding carboxylic acids is 2. The third-order valence-corrected chi connectivity index (χ3v) is 7.97. The van der Waals surface area contributed by atoms with Crippen LogP contribution in [0.2, 0.25) is 0 Å². The quantitative estimate of drug-likeness (QED) is 0.330. The van der Waals surface area contributed by atoms with Crippen molar-refractivity contribution < 1.29 is 9.59 Å². The molecule has 1 aliphatic rings. The van der Waals surface area contributed by atoms with E-state index < -0.39 is 5.41 Å². The van der Waals surface area contributed by atoms with Gasteiger partial charge in [0.1, 0.15) is 0 Å². The highest BCUT2D eigenvalue weighted by Gasteiger charge is 2.41. The minimum absolute atomic E-state index is 0.0290. The van der Waals surface area contributed by atoms with Crippen molar-refractivity contribution in [2.75, 3.05) is 13.1 Å². The Morgan fingerprint density at radius 2 is 1.53 bits per heavy atom. The van der Waals surface area contributed by atoms with Crippen LogP contribution in [0, 0.1) is 5.92 Å². The normalized spacial score (nSPS) is 16.3. The van der Waals surface area contributed by atoms with Crippen LogP contribution in [0.25, 0.3) is 10.2 Å². The van der Waals surface area contributed by atoms with Gasteiger partial charge in [0.25, 0.3) is 0 Å². The molecule has 0 bridgehead atoms. The number of ketones is 1. The lowest BCUT2D eigenvalue weighted by Crippen LogP contribution is -2.50. The molecule has 4 nitrogen and oxygen atoms in total. The lowest BCUT2D eigenvalue weighted by atomic mass is 9.77. The van der Waals surface area contributed by atoms with E-state index in [9.17, 15) is 9.59 Å². The summed E-state index contributed by atoms with van der Waals surface area (Å²) in [7, 11) is 0. The molecule has 1 amide bonds. The minimum atomic E-state index is -0.717. The number of hydrogen-bond acceptors (Lipinski definition) is 4. The summed E-state index contributed by atoms with van der Waals surface area (Å²) in [6.45, 7) is 3.24. The number of likely N-dealkylation sites (tertiary alicyclic amines) is 1. The number of fused-ring (bicyclic) bond motifs is 1. The number of aromatic nitrogens is 1. The van der Waals surface area contributed by atoms with Crippen LogP contribution >= 0.6 is 11.3 Å². The van der Waals surface area contributed by atoms with Gasteiger partial charge in [-0.25, -0.2) is 4.98 Å². The molecule has 0 spiro atoms. The van der Waals surface area contributed by atoms with Crippen molar-refractivity contribution in [2.45, 2.75) is 31.6 Å². The average molecular weight is 469 g/mol. The molecular weight excluding hydrogens is 440 g/mol. The van der Waals surface area contributed by atoms with Gasteiger partial charge in [-0.15, -0.1) is 11.3 Å². The van der Waals surface area contributed by atoms with E-state index in [0.29, 0.717) is 32.4 Å². The summed E-state index contributed by atoms with van der Waals surface area (Å²) in [5.41, 5.74) is 2.02.